The van der Waals surface area contributed by atoms with E-state index in [4.69, 9.17) is 0 Å². The maximum atomic E-state index is 10.5. The first-order chi connectivity index (χ1) is 8.13. The van der Waals surface area contributed by atoms with Crippen molar-refractivity contribution in [2.45, 2.75) is 0 Å². The number of non-ortho nitro benzene ring substituents is 1. The summed E-state index contributed by atoms with van der Waals surface area (Å²) in [7, 11) is 1.55. The van der Waals surface area contributed by atoms with Crippen molar-refractivity contribution in [3.05, 3.63) is 34.4 Å². The monoisotopic (exact) mass is 238 g/mol. The van der Waals surface area contributed by atoms with Crippen molar-refractivity contribution in [1.82, 2.24) is 5.01 Å². The van der Waals surface area contributed by atoms with E-state index in [1.54, 1.807) is 13.1 Å². The summed E-state index contributed by atoms with van der Waals surface area (Å²) in [5.41, 5.74) is 0.283. The quantitative estimate of drug-likeness (QED) is 0.247. The van der Waals surface area contributed by atoms with Gasteiger partial charge in [-0.25, -0.2) is 5.01 Å². The number of nitrogens with zero attached hydrogens (tertiary/aromatic N) is 4. The third-order valence-electron chi connectivity index (χ3n) is 1.68. The van der Waals surface area contributed by atoms with Crippen LogP contribution in [0.4, 0.5) is 11.4 Å². The normalized spacial score (nSPS) is 10.2. The molecule has 0 aromatic heterocycles. The van der Waals surface area contributed by atoms with E-state index < -0.39 is 4.92 Å². The molecule has 0 amide bonds. The molecule has 0 heterocycles. The molecule has 8 nitrogen and oxygen atoms in total. The average Bonchev–Trinajstić information content (AvgIpc) is 2.34. The third kappa shape index (κ3) is 4.24. The number of nitro benzene ring substituents is 1. The molecule has 0 N–H and O–H groups in total. The maximum absolute atomic E-state index is 10.5. The Morgan fingerprint density at radius 3 is 3.00 bits per heavy atom. The Bertz CT molecular complexity index is 435. The van der Waals surface area contributed by atoms with Crippen molar-refractivity contribution in [1.29, 1.82) is 0 Å². The van der Waals surface area contributed by atoms with Crippen molar-refractivity contribution in [3.8, 4) is 0 Å². The Morgan fingerprint density at radius 1 is 1.59 bits per heavy atom. The van der Waals surface area contributed by atoms with Gasteiger partial charge in [0, 0.05) is 19.2 Å². The fourth-order valence-electron chi connectivity index (χ4n) is 0.961. The van der Waals surface area contributed by atoms with Crippen LogP contribution in [-0.4, -0.2) is 30.2 Å². The zero-order valence-corrected chi connectivity index (χ0v) is 9.02. The molecule has 8 heteroatoms. The molecule has 0 atom stereocenters. The largest absolute Gasteiger partial charge is 0.445 e. The summed E-state index contributed by atoms with van der Waals surface area (Å²) in [6, 6.07) is 5.73. The molecular formula is C9H10N4O4. The van der Waals surface area contributed by atoms with Crippen LogP contribution >= 0.6 is 0 Å². The highest BCUT2D eigenvalue weighted by molar-refractivity contribution is 5.46. The van der Waals surface area contributed by atoms with E-state index in [0.29, 0.717) is 12.2 Å². The van der Waals surface area contributed by atoms with Crippen LogP contribution in [-0.2, 0) is 9.53 Å². The minimum absolute atomic E-state index is 0.0398. The number of rotatable bonds is 6. The molecule has 0 spiro atoms. The Hall–Kier alpha value is -2.51. The number of ether oxygens (including phenoxy) is 1. The van der Waals surface area contributed by atoms with Crippen molar-refractivity contribution < 1.29 is 14.5 Å². The van der Waals surface area contributed by atoms with Gasteiger partial charge in [-0.1, -0.05) is 11.3 Å². The van der Waals surface area contributed by atoms with E-state index in [1.165, 1.54) is 23.2 Å². The van der Waals surface area contributed by atoms with E-state index in [1.807, 2.05) is 0 Å². The van der Waals surface area contributed by atoms with Crippen LogP contribution in [0.3, 0.4) is 0 Å². The zero-order valence-electron chi connectivity index (χ0n) is 9.02. The lowest BCUT2D eigenvalue weighted by Crippen LogP contribution is -2.13. The molecule has 0 bridgehead atoms. The Morgan fingerprint density at radius 2 is 2.35 bits per heavy atom. The van der Waals surface area contributed by atoms with Gasteiger partial charge in [-0.05, 0) is 6.07 Å². The van der Waals surface area contributed by atoms with Gasteiger partial charge in [0.2, 0.25) is 0 Å². The minimum atomic E-state index is -0.516. The highest BCUT2D eigenvalue weighted by Gasteiger charge is 2.04. The minimum Gasteiger partial charge on any atom is -0.445 e. The standard InChI is InChI=1S/C9H10N4O4/c1-12(6-17-7-14)11-10-8-3-2-4-9(5-8)13(15)16/h2-5,7H,6H2,1H3/b11-10+. The van der Waals surface area contributed by atoms with Crippen LogP contribution in [0.2, 0.25) is 0 Å². The van der Waals surface area contributed by atoms with Gasteiger partial charge in [0.25, 0.3) is 12.2 Å². The van der Waals surface area contributed by atoms with Gasteiger partial charge in [0.1, 0.15) is 0 Å². The first-order valence-corrected chi connectivity index (χ1v) is 4.56. The first kappa shape index (κ1) is 12.6. The molecule has 0 aliphatic carbocycles. The molecule has 0 radical (unpaired) electrons. The van der Waals surface area contributed by atoms with Gasteiger partial charge in [-0.2, -0.15) is 0 Å². The summed E-state index contributed by atoms with van der Waals surface area (Å²) < 4.78 is 4.43. The topological polar surface area (TPSA) is 97.4 Å². The van der Waals surface area contributed by atoms with Crippen molar-refractivity contribution >= 4 is 17.8 Å². The summed E-state index contributed by atoms with van der Waals surface area (Å²) in [6.45, 7) is 0.251. The molecule has 90 valence electrons. The van der Waals surface area contributed by atoms with Crippen molar-refractivity contribution in [3.63, 3.8) is 0 Å². The zero-order chi connectivity index (χ0) is 12.7. The predicted molar refractivity (Wildman–Crippen MR) is 57.4 cm³/mol. The lowest BCUT2D eigenvalue weighted by atomic mass is 10.3. The number of hydrogen-bond acceptors (Lipinski definition) is 6. The molecule has 0 unspecified atom stereocenters. The Balaban J connectivity index is 2.67. The highest BCUT2D eigenvalue weighted by Crippen LogP contribution is 2.19. The van der Waals surface area contributed by atoms with Crippen LogP contribution in [0.5, 0.6) is 0 Å². The Labute approximate surface area is 96.6 Å². The van der Waals surface area contributed by atoms with E-state index >= 15 is 0 Å². The van der Waals surface area contributed by atoms with Gasteiger partial charge >= 0.3 is 0 Å². The fraction of sp³-hybridized carbons (Fsp3) is 0.222. The van der Waals surface area contributed by atoms with Crippen LogP contribution in [0.1, 0.15) is 0 Å². The fourth-order valence-corrected chi connectivity index (χ4v) is 0.961. The number of carbonyl (C=O) groups is 1. The molecule has 0 saturated heterocycles. The average molecular weight is 238 g/mol. The van der Waals surface area contributed by atoms with Crippen LogP contribution in [0, 0.1) is 10.1 Å². The number of nitro groups is 1. The molecule has 0 saturated carbocycles. The third-order valence-corrected chi connectivity index (χ3v) is 1.68. The number of carbonyl (C=O) groups excluding carboxylic acids is 1. The smallest absolute Gasteiger partial charge is 0.294 e. The molecular weight excluding hydrogens is 228 g/mol. The second-order valence-corrected chi connectivity index (χ2v) is 3.02. The van der Waals surface area contributed by atoms with Gasteiger partial charge in [0.15, 0.2) is 6.73 Å². The van der Waals surface area contributed by atoms with Gasteiger partial charge in [0.05, 0.1) is 10.6 Å². The summed E-state index contributed by atoms with van der Waals surface area (Å²) >= 11 is 0. The van der Waals surface area contributed by atoms with E-state index in [2.05, 4.69) is 15.1 Å². The molecule has 0 fully saturated rings. The molecule has 17 heavy (non-hydrogen) atoms. The molecule has 1 rings (SSSR count). The second kappa shape index (κ2) is 6.16. The Kier molecular flexibility index (Phi) is 4.55. The molecule has 0 aliphatic heterocycles. The highest BCUT2D eigenvalue weighted by atomic mass is 16.6. The lowest BCUT2D eigenvalue weighted by Gasteiger charge is -2.07. The molecule has 0 aliphatic rings. The van der Waals surface area contributed by atoms with Crippen LogP contribution in [0.25, 0.3) is 0 Å². The predicted octanol–water partition coefficient (Wildman–Crippen LogP) is 1.66. The van der Waals surface area contributed by atoms with Crippen LogP contribution in [0.15, 0.2) is 34.6 Å². The summed E-state index contributed by atoms with van der Waals surface area (Å²) in [6.07, 6.45) is 0. The number of benzene rings is 1. The number of hydrogen-bond donors (Lipinski definition) is 0. The SMILES string of the molecule is CN(COC=O)/N=N/c1cccc([N+](=O)[O-])c1. The summed E-state index contributed by atoms with van der Waals surface area (Å²) in [5.74, 6) is 0. The second-order valence-electron chi connectivity index (χ2n) is 3.02. The lowest BCUT2D eigenvalue weighted by molar-refractivity contribution is -0.384. The van der Waals surface area contributed by atoms with Gasteiger partial charge in [-0.15, -0.1) is 5.11 Å². The summed E-state index contributed by atoms with van der Waals surface area (Å²) in [5, 5.41) is 19.2. The molecule has 1 aromatic rings. The van der Waals surface area contributed by atoms with Crippen LogP contribution < -0.4 is 0 Å². The maximum Gasteiger partial charge on any atom is 0.294 e. The summed E-state index contributed by atoms with van der Waals surface area (Å²) in [4.78, 5) is 19.9. The van der Waals surface area contributed by atoms with Gasteiger partial charge in [-0.3, -0.25) is 14.9 Å². The van der Waals surface area contributed by atoms with Crippen molar-refractivity contribution in [2.24, 2.45) is 10.3 Å². The van der Waals surface area contributed by atoms with Crippen molar-refractivity contribution in [2.75, 3.05) is 13.8 Å². The van der Waals surface area contributed by atoms with E-state index in [9.17, 15) is 14.9 Å². The van der Waals surface area contributed by atoms with Gasteiger partial charge < -0.3 is 4.74 Å². The first-order valence-electron chi connectivity index (χ1n) is 4.56. The van der Waals surface area contributed by atoms with E-state index in [-0.39, 0.29) is 12.4 Å². The van der Waals surface area contributed by atoms with E-state index in [0.717, 1.165) is 0 Å². The molecule has 1 aromatic carbocycles.